The van der Waals surface area contributed by atoms with Gasteiger partial charge in [0.15, 0.2) is 5.82 Å². The van der Waals surface area contributed by atoms with Crippen LogP contribution in [-0.4, -0.2) is 31.4 Å². The van der Waals surface area contributed by atoms with Gasteiger partial charge in [-0.05, 0) is 16.8 Å². The molecule has 1 aromatic carbocycles. The van der Waals surface area contributed by atoms with Crippen molar-refractivity contribution in [3.05, 3.63) is 41.2 Å². The fourth-order valence-corrected chi connectivity index (χ4v) is 1.63. The van der Waals surface area contributed by atoms with Gasteiger partial charge in [-0.2, -0.15) is 4.80 Å². The molecule has 0 radical (unpaired) electrons. The zero-order valence-electron chi connectivity index (χ0n) is 9.72. The van der Waals surface area contributed by atoms with E-state index in [-0.39, 0.29) is 18.4 Å². The molecule has 0 saturated heterocycles. The zero-order chi connectivity index (χ0) is 13.1. The summed E-state index contributed by atoms with van der Waals surface area (Å²) < 4.78 is 26.1. The summed E-state index contributed by atoms with van der Waals surface area (Å²) in [7, 11) is 1.61. The van der Waals surface area contributed by atoms with Crippen LogP contribution in [-0.2, 0) is 19.9 Å². The number of aliphatic hydroxyl groups is 1. The summed E-state index contributed by atoms with van der Waals surface area (Å²) in [5.41, 5.74) is 0.257. The number of halogens is 2. The van der Waals surface area contributed by atoms with Crippen molar-refractivity contribution in [1.29, 1.82) is 0 Å². The summed E-state index contributed by atoms with van der Waals surface area (Å²) in [5, 5.41) is 21.0. The first-order chi connectivity index (χ1) is 8.54. The number of aryl methyl sites for hydroxylation is 1. The van der Waals surface area contributed by atoms with E-state index >= 15 is 0 Å². The van der Waals surface area contributed by atoms with E-state index in [0.29, 0.717) is 5.82 Å². The number of hydrogen-bond acceptors (Lipinski definition) is 4. The molecule has 18 heavy (non-hydrogen) atoms. The third-order valence-corrected chi connectivity index (χ3v) is 2.44. The molecule has 96 valence electrons. The molecule has 5 nitrogen and oxygen atoms in total. The molecule has 1 unspecified atom stereocenters. The van der Waals surface area contributed by atoms with Gasteiger partial charge in [0.25, 0.3) is 0 Å². The molecule has 1 heterocycles. The number of tetrazole rings is 1. The van der Waals surface area contributed by atoms with Gasteiger partial charge in [0.2, 0.25) is 0 Å². The minimum atomic E-state index is -0.839. The quantitative estimate of drug-likeness (QED) is 0.869. The Morgan fingerprint density at radius 2 is 2.11 bits per heavy atom. The summed E-state index contributed by atoms with van der Waals surface area (Å²) in [6, 6.07) is 3.27. The molecule has 2 aromatic rings. The number of rotatable bonds is 4. The van der Waals surface area contributed by atoms with E-state index in [1.807, 2.05) is 0 Å². The van der Waals surface area contributed by atoms with Crippen LogP contribution in [0.25, 0.3) is 0 Å². The van der Waals surface area contributed by atoms with Gasteiger partial charge >= 0.3 is 0 Å². The van der Waals surface area contributed by atoms with E-state index in [9.17, 15) is 13.9 Å². The van der Waals surface area contributed by atoms with Crippen LogP contribution in [0.2, 0.25) is 0 Å². The molecule has 0 bridgehead atoms. The number of nitrogens with zero attached hydrogens (tertiary/aromatic N) is 4. The predicted molar refractivity (Wildman–Crippen MR) is 58.6 cm³/mol. The van der Waals surface area contributed by atoms with Crippen LogP contribution in [0, 0.1) is 11.6 Å². The lowest BCUT2D eigenvalue weighted by Gasteiger charge is -2.09. The van der Waals surface area contributed by atoms with E-state index in [2.05, 4.69) is 15.4 Å². The Morgan fingerprint density at radius 1 is 1.33 bits per heavy atom. The molecule has 1 N–H and O–H groups in total. The Labute approximate surface area is 102 Å². The Hall–Kier alpha value is -1.89. The second kappa shape index (κ2) is 5.18. The van der Waals surface area contributed by atoms with Crippen molar-refractivity contribution in [2.24, 2.45) is 7.05 Å². The smallest absolute Gasteiger partial charge is 0.177 e. The molecule has 1 aromatic heterocycles. The van der Waals surface area contributed by atoms with E-state index in [0.717, 1.165) is 12.1 Å². The maximum absolute atomic E-state index is 13.4. The molecule has 0 aliphatic heterocycles. The molecule has 1 atom stereocenters. The minimum Gasteiger partial charge on any atom is -0.392 e. The lowest BCUT2D eigenvalue weighted by atomic mass is 10.0. The Balaban J connectivity index is 2.00. The average molecular weight is 254 g/mol. The van der Waals surface area contributed by atoms with Crippen LogP contribution < -0.4 is 0 Å². The lowest BCUT2D eigenvalue weighted by molar-refractivity contribution is 0.171. The highest BCUT2D eigenvalue weighted by Crippen LogP contribution is 2.12. The number of aromatic nitrogens is 4. The molecular formula is C11H12F2N4O. The van der Waals surface area contributed by atoms with Crippen molar-refractivity contribution in [2.75, 3.05) is 0 Å². The van der Waals surface area contributed by atoms with Gasteiger partial charge in [-0.1, -0.05) is 6.07 Å². The van der Waals surface area contributed by atoms with E-state index in [1.165, 1.54) is 10.9 Å². The van der Waals surface area contributed by atoms with Gasteiger partial charge < -0.3 is 5.11 Å². The molecular weight excluding hydrogens is 242 g/mol. The average Bonchev–Trinajstić information content (AvgIpc) is 2.68. The second-order valence-corrected chi connectivity index (χ2v) is 3.99. The maximum Gasteiger partial charge on any atom is 0.177 e. The zero-order valence-corrected chi connectivity index (χ0v) is 9.72. The first-order valence-electron chi connectivity index (χ1n) is 5.39. The van der Waals surface area contributed by atoms with Gasteiger partial charge in [0.05, 0.1) is 13.2 Å². The van der Waals surface area contributed by atoms with E-state index in [4.69, 9.17) is 0 Å². The molecule has 0 spiro atoms. The van der Waals surface area contributed by atoms with Crippen LogP contribution in [0.1, 0.15) is 11.4 Å². The summed E-state index contributed by atoms with van der Waals surface area (Å²) in [5.74, 6) is -0.921. The Morgan fingerprint density at radius 3 is 2.72 bits per heavy atom. The summed E-state index contributed by atoms with van der Waals surface area (Å²) in [6.07, 6.45) is -0.594. The van der Waals surface area contributed by atoms with E-state index < -0.39 is 17.7 Å². The Bertz CT molecular complexity index is 544. The standard InChI is InChI=1S/C11H12F2N4O/c1-17-15-11(14-16-17)6-9(18)4-7-2-3-8(12)5-10(7)13/h2-3,5,9,18H,4,6H2,1H3. The highest BCUT2D eigenvalue weighted by Gasteiger charge is 2.13. The normalized spacial score (nSPS) is 12.7. The van der Waals surface area contributed by atoms with Crippen LogP contribution in [0.3, 0.4) is 0 Å². The van der Waals surface area contributed by atoms with Crippen molar-refractivity contribution >= 4 is 0 Å². The summed E-state index contributed by atoms with van der Waals surface area (Å²) in [6.45, 7) is 0. The molecule has 2 rings (SSSR count). The summed E-state index contributed by atoms with van der Waals surface area (Å²) in [4.78, 5) is 1.28. The van der Waals surface area contributed by atoms with Crippen molar-refractivity contribution in [3.63, 3.8) is 0 Å². The van der Waals surface area contributed by atoms with Gasteiger partial charge in [0, 0.05) is 18.9 Å². The highest BCUT2D eigenvalue weighted by atomic mass is 19.1. The maximum atomic E-state index is 13.4. The van der Waals surface area contributed by atoms with Crippen molar-refractivity contribution in [1.82, 2.24) is 20.2 Å². The molecule has 0 aliphatic carbocycles. The molecule has 0 aliphatic rings. The molecule has 7 heteroatoms. The summed E-state index contributed by atoms with van der Waals surface area (Å²) >= 11 is 0. The molecule has 0 amide bonds. The largest absolute Gasteiger partial charge is 0.392 e. The van der Waals surface area contributed by atoms with E-state index in [1.54, 1.807) is 7.05 Å². The van der Waals surface area contributed by atoms with Crippen molar-refractivity contribution in [3.8, 4) is 0 Å². The highest BCUT2D eigenvalue weighted by molar-refractivity contribution is 5.19. The third kappa shape index (κ3) is 3.07. The van der Waals surface area contributed by atoms with Gasteiger partial charge in [-0.15, -0.1) is 10.2 Å². The SMILES string of the molecule is Cn1nnc(CC(O)Cc2ccc(F)cc2F)n1. The monoisotopic (exact) mass is 254 g/mol. The van der Waals surface area contributed by atoms with Gasteiger partial charge in [-0.3, -0.25) is 0 Å². The van der Waals surface area contributed by atoms with Crippen LogP contribution in [0.4, 0.5) is 8.78 Å². The first kappa shape index (κ1) is 12.6. The third-order valence-electron chi connectivity index (χ3n) is 2.44. The second-order valence-electron chi connectivity index (χ2n) is 3.99. The predicted octanol–water partition coefficient (Wildman–Crippen LogP) is 0.634. The minimum absolute atomic E-state index is 0.0738. The van der Waals surface area contributed by atoms with Crippen LogP contribution in [0.5, 0.6) is 0 Å². The fraction of sp³-hybridized carbons (Fsp3) is 0.364. The molecule has 0 saturated carbocycles. The molecule has 0 fully saturated rings. The number of aliphatic hydroxyl groups excluding tert-OH is 1. The van der Waals surface area contributed by atoms with Crippen LogP contribution in [0.15, 0.2) is 18.2 Å². The first-order valence-corrected chi connectivity index (χ1v) is 5.39. The number of hydrogen-bond donors (Lipinski definition) is 1. The van der Waals surface area contributed by atoms with Gasteiger partial charge in [0.1, 0.15) is 11.6 Å². The lowest BCUT2D eigenvalue weighted by Crippen LogP contribution is -2.16. The van der Waals surface area contributed by atoms with Crippen molar-refractivity contribution in [2.45, 2.75) is 18.9 Å². The topological polar surface area (TPSA) is 63.8 Å². The van der Waals surface area contributed by atoms with Crippen molar-refractivity contribution < 1.29 is 13.9 Å². The fourth-order valence-electron chi connectivity index (χ4n) is 1.63. The van der Waals surface area contributed by atoms with Gasteiger partial charge in [-0.25, -0.2) is 8.78 Å². The van der Waals surface area contributed by atoms with Crippen LogP contribution >= 0.6 is 0 Å². The Kier molecular flexibility index (Phi) is 3.61. The number of benzene rings is 1.